The molecule has 1 atom stereocenters. The van der Waals surface area contributed by atoms with Gasteiger partial charge in [-0.05, 0) is 25.5 Å². The highest BCUT2D eigenvalue weighted by atomic mass is 32.1. The number of thiocarbonyl (C=S) groups is 1. The van der Waals surface area contributed by atoms with Crippen LogP contribution in [-0.4, -0.2) is 29.5 Å². The smallest absolute Gasteiger partial charge is 0.0816 e. The van der Waals surface area contributed by atoms with Gasteiger partial charge in [0.25, 0.3) is 0 Å². The van der Waals surface area contributed by atoms with E-state index < -0.39 is 0 Å². The second-order valence-corrected chi connectivity index (χ2v) is 6.42. The Balaban J connectivity index is 2.02. The summed E-state index contributed by atoms with van der Waals surface area (Å²) in [6, 6.07) is 11.1. The van der Waals surface area contributed by atoms with Crippen LogP contribution in [-0.2, 0) is 0 Å². The highest BCUT2D eigenvalue weighted by Crippen LogP contribution is 2.24. The van der Waals surface area contributed by atoms with Crippen molar-refractivity contribution in [2.75, 3.05) is 13.6 Å². The maximum Gasteiger partial charge on any atom is 0.0816 e. The molecule has 1 aromatic carbocycles. The molecule has 2 rings (SSSR count). The summed E-state index contributed by atoms with van der Waals surface area (Å²) < 4.78 is 0. The SMILES string of the molecule is CN(CC(C(N)=S)c1ccccc1)C1CCCCCC1. The zero-order chi connectivity index (χ0) is 14.4. The van der Waals surface area contributed by atoms with E-state index in [1.54, 1.807) is 0 Å². The molecule has 0 spiro atoms. The van der Waals surface area contributed by atoms with Crippen LogP contribution >= 0.6 is 12.2 Å². The van der Waals surface area contributed by atoms with E-state index >= 15 is 0 Å². The van der Waals surface area contributed by atoms with Gasteiger partial charge in [-0.25, -0.2) is 0 Å². The lowest BCUT2D eigenvalue weighted by Gasteiger charge is -2.30. The van der Waals surface area contributed by atoms with E-state index in [0.717, 1.165) is 6.54 Å². The Morgan fingerprint density at radius 3 is 2.35 bits per heavy atom. The van der Waals surface area contributed by atoms with Crippen LogP contribution < -0.4 is 5.73 Å². The van der Waals surface area contributed by atoms with Crippen LogP contribution in [0.5, 0.6) is 0 Å². The Morgan fingerprint density at radius 1 is 1.20 bits per heavy atom. The maximum absolute atomic E-state index is 5.98. The molecular weight excluding hydrogens is 264 g/mol. The molecule has 1 saturated carbocycles. The summed E-state index contributed by atoms with van der Waals surface area (Å²) in [5.41, 5.74) is 7.22. The molecule has 0 radical (unpaired) electrons. The molecule has 1 aliphatic rings. The zero-order valence-electron chi connectivity index (χ0n) is 12.4. The fourth-order valence-electron chi connectivity index (χ4n) is 3.18. The first-order valence-electron chi connectivity index (χ1n) is 7.73. The van der Waals surface area contributed by atoms with Crippen molar-refractivity contribution >= 4 is 17.2 Å². The van der Waals surface area contributed by atoms with Gasteiger partial charge >= 0.3 is 0 Å². The third-order valence-corrected chi connectivity index (χ3v) is 4.75. The van der Waals surface area contributed by atoms with Crippen molar-refractivity contribution in [2.45, 2.75) is 50.5 Å². The van der Waals surface area contributed by atoms with E-state index in [4.69, 9.17) is 18.0 Å². The monoisotopic (exact) mass is 290 g/mol. The standard InChI is InChI=1S/C17H26N2S/c1-19(15-11-7-2-3-8-12-15)13-16(17(18)20)14-9-5-4-6-10-14/h4-6,9-10,15-16H,2-3,7-8,11-13H2,1H3,(H2,18,20). The van der Waals surface area contributed by atoms with Crippen LogP contribution in [0.4, 0.5) is 0 Å². The Bertz CT molecular complexity index is 410. The molecule has 0 aliphatic heterocycles. The zero-order valence-corrected chi connectivity index (χ0v) is 13.2. The first-order chi connectivity index (χ1) is 9.68. The lowest BCUT2D eigenvalue weighted by atomic mass is 9.97. The van der Waals surface area contributed by atoms with Crippen molar-refractivity contribution in [3.05, 3.63) is 35.9 Å². The number of rotatable bonds is 5. The van der Waals surface area contributed by atoms with Gasteiger partial charge in [-0.1, -0.05) is 68.2 Å². The number of nitrogens with two attached hydrogens (primary N) is 1. The summed E-state index contributed by atoms with van der Waals surface area (Å²) in [6.45, 7) is 0.935. The Morgan fingerprint density at radius 2 is 1.80 bits per heavy atom. The molecule has 2 nitrogen and oxygen atoms in total. The van der Waals surface area contributed by atoms with E-state index in [9.17, 15) is 0 Å². The second-order valence-electron chi connectivity index (χ2n) is 5.95. The largest absolute Gasteiger partial charge is 0.393 e. The van der Waals surface area contributed by atoms with Crippen LogP contribution in [0.3, 0.4) is 0 Å². The molecule has 1 aliphatic carbocycles. The molecule has 1 unspecified atom stereocenters. The van der Waals surface area contributed by atoms with Crippen molar-refractivity contribution in [3.8, 4) is 0 Å². The third kappa shape index (κ3) is 4.29. The van der Waals surface area contributed by atoms with Gasteiger partial charge in [0, 0.05) is 18.5 Å². The molecule has 0 saturated heterocycles. The first kappa shape index (κ1) is 15.5. The summed E-state index contributed by atoms with van der Waals surface area (Å²) in [5, 5.41) is 0. The molecule has 110 valence electrons. The van der Waals surface area contributed by atoms with Crippen LogP contribution in [0.25, 0.3) is 0 Å². The van der Waals surface area contributed by atoms with Crippen molar-refractivity contribution in [2.24, 2.45) is 5.73 Å². The Hall–Kier alpha value is -0.930. The minimum absolute atomic E-state index is 0.166. The topological polar surface area (TPSA) is 29.3 Å². The number of nitrogens with zero attached hydrogens (tertiary/aromatic N) is 1. The summed E-state index contributed by atoms with van der Waals surface area (Å²) in [5.74, 6) is 0.166. The summed E-state index contributed by atoms with van der Waals surface area (Å²) in [6.07, 6.45) is 8.13. The minimum atomic E-state index is 0.166. The molecule has 0 aromatic heterocycles. The molecule has 20 heavy (non-hydrogen) atoms. The predicted molar refractivity (Wildman–Crippen MR) is 90.1 cm³/mol. The van der Waals surface area contributed by atoms with Crippen molar-refractivity contribution in [1.29, 1.82) is 0 Å². The van der Waals surface area contributed by atoms with Gasteiger partial charge in [-0.3, -0.25) is 0 Å². The number of benzene rings is 1. The Kier molecular flexibility index (Phi) is 5.99. The Labute approximate surface area is 128 Å². The fraction of sp³-hybridized carbons (Fsp3) is 0.588. The molecule has 2 N–H and O–H groups in total. The van der Waals surface area contributed by atoms with E-state index in [2.05, 4.69) is 36.2 Å². The normalized spacial score (nSPS) is 18.7. The third-order valence-electron chi connectivity index (χ3n) is 4.46. The van der Waals surface area contributed by atoms with E-state index in [1.165, 1.54) is 44.1 Å². The van der Waals surface area contributed by atoms with Gasteiger partial charge in [0.1, 0.15) is 0 Å². The van der Waals surface area contributed by atoms with E-state index in [1.807, 2.05) is 6.07 Å². The molecule has 0 bridgehead atoms. The van der Waals surface area contributed by atoms with Crippen LogP contribution in [0.1, 0.15) is 50.0 Å². The van der Waals surface area contributed by atoms with E-state index in [0.29, 0.717) is 11.0 Å². The second kappa shape index (κ2) is 7.75. The molecule has 0 amide bonds. The lowest BCUT2D eigenvalue weighted by molar-refractivity contribution is 0.219. The van der Waals surface area contributed by atoms with Crippen molar-refractivity contribution in [3.63, 3.8) is 0 Å². The van der Waals surface area contributed by atoms with Gasteiger partial charge in [-0.15, -0.1) is 0 Å². The number of likely N-dealkylation sites (N-methyl/N-ethyl adjacent to an activating group) is 1. The lowest BCUT2D eigenvalue weighted by Crippen LogP contribution is -2.38. The highest BCUT2D eigenvalue weighted by molar-refractivity contribution is 7.80. The summed E-state index contributed by atoms with van der Waals surface area (Å²) >= 11 is 5.30. The molecular formula is C17H26N2S. The van der Waals surface area contributed by atoms with Gasteiger partial charge in [0.15, 0.2) is 0 Å². The average molecular weight is 290 g/mol. The number of hydrogen-bond donors (Lipinski definition) is 1. The predicted octanol–water partition coefficient (Wildman–Crippen LogP) is 3.71. The first-order valence-corrected chi connectivity index (χ1v) is 8.14. The average Bonchev–Trinajstić information content (AvgIpc) is 2.74. The molecule has 1 aromatic rings. The van der Waals surface area contributed by atoms with Gasteiger partial charge in [0.2, 0.25) is 0 Å². The minimum Gasteiger partial charge on any atom is -0.393 e. The fourth-order valence-corrected chi connectivity index (χ4v) is 3.39. The highest BCUT2D eigenvalue weighted by Gasteiger charge is 2.22. The molecule has 3 heteroatoms. The van der Waals surface area contributed by atoms with Gasteiger partial charge < -0.3 is 10.6 Å². The quantitative estimate of drug-likeness (QED) is 0.662. The number of hydrogen-bond acceptors (Lipinski definition) is 2. The van der Waals surface area contributed by atoms with Gasteiger partial charge in [-0.2, -0.15) is 0 Å². The summed E-state index contributed by atoms with van der Waals surface area (Å²) in [4.78, 5) is 3.08. The molecule has 1 fully saturated rings. The van der Waals surface area contributed by atoms with Crippen LogP contribution in [0.15, 0.2) is 30.3 Å². The van der Waals surface area contributed by atoms with Crippen molar-refractivity contribution < 1.29 is 0 Å². The van der Waals surface area contributed by atoms with E-state index in [-0.39, 0.29) is 5.92 Å². The maximum atomic E-state index is 5.98. The van der Waals surface area contributed by atoms with Crippen LogP contribution in [0.2, 0.25) is 0 Å². The van der Waals surface area contributed by atoms with Crippen molar-refractivity contribution in [1.82, 2.24) is 4.90 Å². The van der Waals surface area contributed by atoms with Gasteiger partial charge in [0.05, 0.1) is 4.99 Å². The summed E-state index contributed by atoms with van der Waals surface area (Å²) in [7, 11) is 2.23. The van der Waals surface area contributed by atoms with Crippen LogP contribution in [0, 0.1) is 0 Å². The molecule has 0 heterocycles.